The Morgan fingerprint density at radius 3 is 2.45 bits per heavy atom. The molecule has 0 aliphatic heterocycles. The molecule has 1 aromatic carbocycles. The van der Waals surface area contributed by atoms with Gasteiger partial charge in [-0.25, -0.2) is 13.1 Å². The Morgan fingerprint density at radius 2 is 1.80 bits per heavy atom. The zero-order chi connectivity index (χ0) is 14.6. The van der Waals surface area contributed by atoms with Crippen LogP contribution >= 0.6 is 11.3 Å². The maximum absolute atomic E-state index is 12.3. The van der Waals surface area contributed by atoms with Crippen LogP contribution in [0.4, 0.5) is 0 Å². The van der Waals surface area contributed by atoms with Gasteiger partial charge in [0.25, 0.3) is 0 Å². The molecule has 2 N–H and O–H groups in total. The van der Waals surface area contributed by atoms with Crippen molar-refractivity contribution in [3.8, 4) is 0 Å². The van der Waals surface area contributed by atoms with Gasteiger partial charge in [-0.05, 0) is 31.0 Å². The van der Waals surface area contributed by atoms with Crippen LogP contribution in [-0.4, -0.2) is 15.5 Å². The Balaban J connectivity index is 2.11. The molecule has 4 nitrogen and oxygen atoms in total. The molecule has 1 aromatic heterocycles. The van der Waals surface area contributed by atoms with Crippen molar-refractivity contribution >= 4 is 21.4 Å². The van der Waals surface area contributed by atoms with Gasteiger partial charge in [-0.15, -0.1) is 11.3 Å². The first-order valence-corrected chi connectivity index (χ1v) is 8.65. The van der Waals surface area contributed by atoms with Crippen LogP contribution in [0.2, 0.25) is 0 Å². The van der Waals surface area contributed by atoms with E-state index in [4.69, 9.17) is 0 Å². The fourth-order valence-electron chi connectivity index (χ4n) is 1.82. The largest absolute Gasteiger partial charge is 0.315 e. The van der Waals surface area contributed by atoms with Crippen molar-refractivity contribution in [1.82, 2.24) is 10.0 Å². The summed E-state index contributed by atoms with van der Waals surface area (Å²) in [4.78, 5) is 1.19. The summed E-state index contributed by atoms with van der Waals surface area (Å²) < 4.78 is 27.2. The zero-order valence-corrected chi connectivity index (χ0v) is 13.1. The average molecular weight is 310 g/mol. The van der Waals surface area contributed by atoms with Crippen molar-refractivity contribution in [3.63, 3.8) is 0 Å². The predicted molar refractivity (Wildman–Crippen MR) is 82.3 cm³/mol. The normalized spacial score (nSPS) is 11.7. The van der Waals surface area contributed by atoms with Crippen molar-refractivity contribution in [2.45, 2.75) is 24.9 Å². The second-order valence-electron chi connectivity index (χ2n) is 4.55. The molecule has 20 heavy (non-hydrogen) atoms. The summed E-state index contributed by atoms with van der Waals surface area (Å²) >= 11 is 1.44. The molecule has 0 fully saturated rings. The Labute approximate surface area is 123 Å². The number of sulfonamides is 1. The Bertz CT molecular complexity index is 661. The third kappa shape index (κ3) is 3.67. The summed E-state index contributed by atoms with van der Waals surface area (Å²) in [5.41, 5.74) is 2.11. The maximum atomic E-state index is 12.3. The molecule has 2 aromatic rings. The van der Waals surface area contributed by atoms with E-state index in [1.807, 2.05) is 31.2 Å². The lowest BCUT2D eigenvalue weighted by Crippen LogP contribution is -2.24. The molecule has 0 bridgehead atoms. The molecule has 0 unspecified atom stereocenters. The lowest BCUT2D eigenvalue weighted by Gasteiger charge is -2.08. The summed E-state index contributed by atoms with van der Waals surface area (Å²) in [6, 6.07) is 9.45. The molecule has 0 saturated heterocycles. The highest BCUT2D eigenvalue weighted by molar-refractivity contribution is 7.89. The second kappa shape index (κ2) is 6.49. The molecular formula is C14H18N2O2S2. The summed E-state index contributed by atoms with van der Waals surface area (Å²) in [6.45, 7) is 2.86. The zero-order valence-electron chi connectivity index (χ0n) is 11.5. The molecule has 6 heteroatoms. The standard InChI is InChI=1S/C14H18N2O2S2/c1-11-3-5-12(6-4-11)9-16-20(17,18)14-7-8-19-13(14)10-15-2/h3-8,15-16H,9-10H2,1-2H3. The van der Waals surface area contributed by atoms with Crippen LogP contribution in [-0.2, 0) is 23.1 Å². The highest BCUT2D eigenvalue weighted by Gasteiger charge is 2.18. The van der Waals surface area contributed by atoms with Gasteiger partial charge in [-0.3, -0.25) is 0 Å². The maximum Gasteiger partial charge on any atom is 0.242 e. The molecule has 0 spiro atoms. The third-order valence-electron chi connectivity index (χ3n) is 2.92. The summed E-state index contributed by atoms with van der Waals surface area (Å²) in [5, 5.41) is 4.78. The summed E-state index contributed by atoms with van der Waals surface area (Å²) in [7, 11) is -1.66. The number of nitrogens with one attached hydrogen (secondary N) is 2. The highest BCUT2D eigenvalue weighted by atomic mass is 32.2. The van der Waals surface area contributed by atoms with Gasteiger partial charge in [0.05, 0.1) is 4.90 Å². The lowest BCUT2D eigenvalue weighted by molar-refractivity contribution is 0.580. The minimum absolute atomic E-state index is 0.303. The van der Waals surface area contributed by atoms with E-state index in [2.05, 4.69) is 10.0 Å². The van der Waals surface area contributed by atoms with Crippen LogP contribution < -0.4 is 10.0 Å². The molecule has 2 rings (SSSR count). The van der Waals surface area contributed by atoms with Crippen molar-refractivity contribution in [3.05, 3.63) is 51.7 Å². The van der Waals surface area contributed by atoms with E-state index in [0.29, 0.717) is 18.0 Å². The predicted octanol–water partition coefficient (Wildman–Crippen LogP) is 2.25. The van der Waals surface area contributed by atoms with Crippen molar-refractivity contribution < 1.29 is 8.42 Å². The number of benzene rings is 1. The summed E-state index contributed by atoms with van der Waals surface area (Å²) in [5.74, 6) is 0. The minimum atomic E-state index is -3.46. The molecule has 0 atom stereocenters. The van der Waals surface area contributed by atoms with E-state index < -0.39 is 10.0 Å². The highest BCUT2D eigenvalue weighted by Crippen LogP contribution is 2.21. The molecule has 108 valence electrons. The first kappa shape index (κ1) is 15.2. The Hall–Kier alpha value is -1.21. The molecule has 0 aliphatic carbocycles. The first-order chi connectivity index (χ1) is 9.53. The third-order valence-corrected chi connectivity index (χ3v) is 5.45. The van der Waals surface area contributed by atoms with E-state index in [-0.39, 0.29) is 0 Å². The van der Waals surface area contributed by atoms with E-state index in [1.54, 1.807) is 18.5 Å². The molecule has 0 radical (unpaired) electrons. The van der Waals surface area contributed by atoms with Crippen LogP contribution in [0.1, 0.15) is 16.0 Å². The van der Waals surface area contributed by atoms with Gasteiger partial charge in [0.1, 0.15) is 0 Å². The number of thiophene rings is 1. The Morgan fingerprint density at radius 1 is 1.10 bits per heavy atom. The van der Waals surface area contributed by atoms with E-state index in [9.17, 15) is 8.42 Å². The molecule has 0 amide bonds. The number of hydrogen-bond acceptors (Lipinski definition) is 4. The first-order valence-electron chi connectivity index (χ1n) is 6.29. The van der Waals surface area contributed by atoms with E-state index in [1.165, 1.54) is 11.3 Å². The fourth-order valence-corrected chi connectivity index (χ4v) is 4.29. The van der Waals surface area contributed by atoms with Crippen molar-refractivity contribution in [1.29, 1.82) is 0 Å². The number of hydrogen-bond donors (Lipinski definition) is 2. The van der Waals surface area contributed by atoms with Gasteiger partial charge in [-0.1, -0.05) is 29.8 Å². The van der Waals surface area contributed by atoms with Gasteiger partial charge in [-0.2, -0.15) is 0 Å². The molecule has 0 aliphatic rings. The topological polar surface area (TPSA) is 58.2 Å². The quantitative estimate of drug-likeness (QED) is 0.860. The van der Waals surface area contributed by atoms with Gasteiger partial charge >= 0.3 is 0 Å². The molecular weight excluding hydrogens is 292 g/mol. The van der Waals surface area contributed by atoms with Gasteiger partial charge in [0.15, 0.2) is 0 Å². The molecule has 1 heterocycles. The van der Waals surface area contributed by atoms with E-state index in [0.717, 1.165) is 16.0 Å². The van der Waals surface area contributed by atoms with Crippen LogP contribution in [0.5, 0.6) is 0 Å². The Kier molecular flexibility index (Phi) is 4.93. The van der Waals surface area contributed by atoms with Gasteiger partial charge < -0.3 is 5.32 Å². The number of rotatable bonds is 6. The minimum Gasteiger partial charge on any atom is -0.315 e. The average Bonchev–Trinajstić information content (AvgIpc) is 2.88. The van der Waals surface area contributed by atoms with Crippen LogP contribution in [0.15, 0.2) is 40.6 Å². The van der Waals surface area contributed by atoms with Gasteiger partial charge in [0.2, 0.25) is 10.0 Å². The smallest absolute Gasteiger partial charge is 0.242 e. The SMILES string of the molecule is CNCc1sccc1S(=O)(=O)NCc1ccc(C)cc1. The van der Waals surface area contributed by atoms with Crippen LogP contribution in [0.25, 0.3) is 0 Å². The number of aryl methyl sites for hydroxylation is 1. The van der Waals surface area contributed by atoms with E-state index >= 15 is 0 Å². The monoisotopic (exact) mass is 310 g/mol. The van der Waals surface area contributed by atoms with Crippen molar-refractivity contribution in [2.24, 2.45) is 0 Å². The second-order valence-corrected chi connectivity index (χ2v) is 7.28. The fraction of sp³-hybridized carbons (Fsp3) is 0.286. The van der Waals surface area contributed by atoms with Gasteiger partial charge in [0, 0.05) is 18.0 Å². The van der Waals surface area contributed by atoms with Crippen molar-refractivity contribution in [2.75, 3.05) is 7.05 Å². The lowest BCUT2D eigenvalue weighted by atomic mass is 10.2. The summed E-state index contributed by atoms with van der Waals surface area (Å²) in [6.07, 6.45) is 0. The van der Waals surface area contributed by atoms with Crippen LogP contribution in [0.3, 0.4) is 0 Å². The molecule has 0 saturated carbocycles. The van der Waals surface area contributed by atoms with Crippen LogP contribution in [0, 0.1) is 6.92 Å².